The topological polar surface area (TPSA) is 84.5 Å². The molecule has 10 heteroatoms. The zero-order valence-corrected chi connectivity index (χ0v) is 16.9. The van der Waals surface area contributed by atoms with Crippen molar-refractivity contribution in [2.45, 2.75) is 11.1 Å². The van der Waals surface area contributed by atoms with E-state index in [1.165, 1.54) is 37.4 Å². The fourth-order valence-corrected chi connectivity index (χ4v) is 3.80. The third-order valence-corrected chi connectivity index (χ3v) is 5.59. The summed E-state index contributed by atoms with van der Waals surface area (Å²) in [6.07, 6.45) is -4.51. The molecule has 3 aromatic carbocycles. The van der Waals surface area contributed by atoms with Gasteiger partial charge in [0.05, 0.1) is 23.3 Å². The summed E-state index contributed by atoms with van der Waals surface area (Å²) in [6.45, 7) is 0. The van der Waals surface area contributed by atoms with E-state index in [2.05, 4.69) is 10.0 Å². The molecule has 6 nitrogen and oxygen atoms in total. The van der Waals surface area contributed by atoms with Crippen molar-refractivity contribution in [2.75, 3.05) is 17.1 Å². The molecule has 2 N–H and O–H groups in total. The number of hydrogen-bond donors (Lipinski definition) is 2. The molecule has 0 heterocycles. The summed E-state index contributed by atoms with van der Waals surface area (Å²) >= 11 is 0. The Bertz CT molecular complexity index is 1190. The number of methoxy groups -OCH3 is 1. The molecule has 1 amide bonds. The van der Waals surface area contributed by atoms with Gasteiger partial charge in [-0.3, -0.25) is 9.52 Å². The minimum absolute atomic E-state index is 0.00610. The number of carbonyl (C=O) groups excluding carboxylic acids is 1. The van der Waals surface area contributed by atoms with Gasteiger partial charge in [-0.25, -0.2) is 8.42 Å². The Hall–Kier alpha value is -3.53. The summed E-state index contributed by atoms with van der Waals surface area (Å²) in [4.78, 5) is 12.2. The van der Waals surface area contributed by atoms with E-state index in [9.17, 15) is 26.4 Å². The maximum absolute atomic E-state index is 12.7. The Balaban J connectivity index is 1.79. The molecule has 0 fully saturated rings. The first kappa shape index (κ1) is 22.2. The largest absolute Gasteiger partial charge is 0.495 e. The molecule has 0 saturated carbocycles. The minimum Gasteiger partial charge on any atom is -0.495 e. The number of hydrogen-bond acceptors (Lipinski definition) is 4. The van der Waals surface area contributed by atoms with Crippen LogP contribution in [0.1, 0.15) is 15.9 Å². The lowest BCUT2D eigenvalue weighted by atomic mass is 10.1. The van der Waals surface area contributed by atoms with Crippen molar-refractivity contribution in [1.29, 1.82) is 0 Å². The summed E-state index contributed by atoms with van der Waals surface area (Å²) in [5.41, 5.74) is -0.482. The van der Waals surface area contributed by atoms with Gasteiger partial charge >= 0.3 is 6.18 Å². The lowest BCUT2D eigenvalue weighted by molar-refractivity contribution is -0.137. The monoisotopic (exact) mass is 450 g/mol. The molecule has 0 atom stereocenters. The Morgan fingerprint density at radius 2 is 1.61 bits per heavy atom. The van der Waals surface area contributed by atoms with Crippen molar-refractivity contribution >= 4 is 27.3 Å². The summed E-state index contributed by atoms with van der Waals surface area (Å²) in [5.74, 6) is -0.348. The van der Waals surface area contributed by atoms with Gasteiger partial charge in [-0.05, 0) is 54.6 Å². The van der Waals surface area contributed by atoms with Gasteiger partial charge in [0, 0.05) is 11.3 Å². The van der Waals surface area contributed by atoms with Crippen LogP contribution in [0.3, 0.4) is 0 Å². The number of amides is 1. The maximum Gasteiger partial charge on any atom is 0.416 e. The highest BCUT2D eigenvalue weighted by Gasteiger charge is 2.30. The molecule has 0 spiro atoms. The first-order valence-electron chi connectivity index (χ1n) is 8.85. The molecule has 0 bridgehead atoms. The SMILES string of the molecule is COc1ccccc1NS(=O)(=O)c1cccc(NC(=O)c2ccc(C(F)(F)F)cc2)c1. The van der Waals surface area contributed by atoms with Gasteiger partial charge in [0.2, 0.25) is 0 Å². The molecular formula is C21H17F3N2O4S. The summed E-state index contributed by atoms with van der Waals surface area (Å²) in [5, 5.41) is 2.48. The second-order valence-corrected chi connectivity index (χ2v) is 8.05. The van der Waals surface area contributed by atoms with Crippen molar-refractivity contribution in [3.8, 4) is 5.75 Å². The first-order chi connectivity index (χ1) is 14.6. The van der Waals surface area contributed by atoms with Crippen LogP contribution in [0.2, 0.25) is 0 Å². The molecular weight excluding hydrogens is 433 g/mol. The summed E-state index contributed by atoms with van der Waals surface area (Å²) in [7, 11) is -2.59. The molecule has 3 aromatic rings. The van der Waals surface area contributed by atoms with E-state index >= 15 is 0 Å². The Kier molecular flexibility index (Phi) is 6.21. The van der Waals surface area contributed by atoms with E-state index in [-0.39, 0.29) is 21.8 Å². The van der Waals surface area contributed by atoms with Crippen molar-refractivity contribution in [2.24, 2.45) is 0 Å². The van der Waals surface area contributed by atoms with Crippen molar-refractivity contribution in [3.63, 3.8) is 0 Å². The average molecular weight is 450 g/mol. The van der Waals surface area contributed by atoms with Crippen LogP contribution in [0.4, 0.5) is 24.5 Å². The molecule has 31 heavy (non-hydrogen) atoms. The normalized spacial score (nSPS) is 11.6. The van der Waals surface area contributed by atoms with Crippen LogP contribution in [0.25, 0.3) is 0 Å². The summed E-state index contributed by atoms with van der Waals surface area (Å²) < 4.78 is 71.0. The number of alkyl halides is 3. The van der Waals surface area contributed by atoms with E-state index in [0.717, 1.165) is 24.3 Å². The molecule has 0 aromatic heterocycles. The average Bonchev–Trinajstić information content (AvgIpc) is 2.73. The Morgan fingerprint density at radius 1 is 0.935 bits per heavy atom. The summed E-state index contributed by atoms with van der Waals surface area (Å²) in [6, 6.07) is 15.6. The molecule has 0 unspecified atom stereocenters. The number of ether oxygens (including phenoxy) is 1. The number of benzene rings is 3. The number of carbonyl (C=O) groups is 1. The third-order valence-electron chi connectivity index (χ3n) is 4.23. The second kappa shape index (κ2) is 8.68. The van der Waals surface area contributed by atoms with Gasteiger partial charge in [0.15, 0.2) is 0 Å². The number of sulfonamides is 1. The number of rotatable bonds is 6. The molecule has 0 saturated heterocycles. The van der Waals surface area contributed by atoms with Crippen LogP contribution in [-0.2, 0) is 16.2 Å². The molecule has 0 aliphatic heterocycles. The third kappa shape index (κ3) is 5.34. The van der Waals surface area contributed by atoms with Gasteiger partial charge in [-0.1, -0.05) is 18.2 Å². The number of anilines is 2. The highest BCUT2D eigenvalue weighted by molar-refractivity contribution is 7.92. The van der Waals surface area contributed by atoms with Crippen LogP contribution in [0.15, 0.2) is 77.7 Å². The van der Waals surface area contributed by atoms with E-state index in [1.54, 1.807) is 18.2 Å². The fourth-order valence-electron chi connectivity index (χ4n) is 2.69. The first-order valence-corrected chi connectivity index (χ1v) is 10.3. The van der Waals surface area contributed by atoms with Gasteiger partial charge in [0.1, 0.15) is 5.75 Å². The van der Waals surface area contributed by atoms with Crippen molar-refractivity contribution in [1.82, 2.24) is 0 Å². The molecule has 0 aliphatic rings. The number of nitrogens with one attached hydrogen (secondary N) is 2. The lowest BCUT2D eigenvalue weighted by Crippen LogP contribution is -2.15. The lowest BCUT2D eigenvalue weighted by Gasteiger charge is -2.13. The highest BCUT2D eigenvalue weighted by atomic mass is 32.2. The van der Waals surface area contributed by atoms with E-state index < -0.39 is 27.7 Å². The number of para-hydroxylation sites is 2. The van der Waals surface area contributed by atoms with Crippen molar-refractivity contribution in [3.05, 3.63) is 83.9 Å². The molecule has 0 radical (unpaired) electrons. The molecule has 3 rings (SSSR count). The van der Waals surface area contributed by atoms with Crippen LogP contribution < -0.4 is 14.8 Å². The van der Waals surface area contributed by atoms with Gasteiger partial charge in [0.25, 0.3) is 15.9 Å². The van der Waals surface area contributed by atoms with Crippen LogP contribution in [-0.4, -0.2) is 21.4 Å². The quantitative estimate of drug-likeness (QED) is 0.567. The zero-order chi connectivity index (χ0) is 22.6. The van der Waals surface area contributed by atoms with Gasteiger partial charge in [-0.15, -0.1) is 0 Å². The van der Waals surface area contributed by atoms with E-state index in [0.29, 0.717) is 5.75 Å². The van der Waals surface area contributed by atoms with Crippen LogP contribution in [0.5, 0.6) is 5.75 Å². The predicted molar refractivity (Wildman–Crippen MR) is 110 cm³/mol. The van der Waals surface area contributed by atoms with Gasteiger partial charge in [-0.2, -0.15) is 13.2 Å². The smallest absolute Gasteiger partial charge is 0.416 e. The second-order valence-electron chi connectivity index (χ2n) is 6.36. The minimum atomic E-state index is -4.51. The molecule has 0 aliphatic carbocycles. The van der Waals surface area contributed by atoms with Crippen LogP contribution >= 0.6 is 0 Å². The fraction of sp³-hybridized carbons (Fsp3) is 0.0952. The maximum atomic E-state index is 12.7. The van der Waals surface area contributed by atoms with E-state index in [1.807, 2.05) is 0 Å². The van der Waals surface area contributed by atoms with Crippen molar-refractivity contribution < 1.29 is 31.1 Å². The van der Waals surface area contributed by atoms with Gasteiger partial charge < -0.3 is 10.1 Å². The standard InChI is InChI=1S/C21H17F3N2O4S/c1-30-19-8-3-2-7-18(19)26-31(28,29)17-6-4-5-16(13-17)25-20(27)14-9-11-15(12-10-14)21(22,23)24/h2-13,26H,1H3,(H,25,27). The van der Waals surface area contributed by atoms with Crippen LogP contribution in [0, 0.1) is 0 Å². The highest BCUT2D eigenvalue weighted by Crippen LogP contribution is 2.29. The Morgan fingerprint density at radius 3 is 2.26 bits per heavy atom. The number of halogens is 3. The van der Waals surface area contributed by atoms with E-state index in [4.69, 9.17) is 4.74 Å². The zero-order valence-electron chi connectivity index (χ0n) is 16.1. The Labute approximate surface area is 176 Å². The predicted octanol–water partition coefficient (Wildman–Crippen LogP) is 4.77. The molecule has 162 valence electrons.